The molecule has 0 aliphatic heterocycles. The number of hydrogen-bond donors (Lipinski definition) is 0. The summed E-state index contributed by atoms with van der Waals surface area (Å²) in [7, 11) is 0. The first-order chi connectivity index (χ1) is 12.6. The van der Waals surface area contributed by atoms with Crippen LogP contribution in [0.4, 0.5) is 5.13 Å². The summed E-state index contributed by atoms with van der Waals surface area (Å²) in [6, 6.07) is 11.1. The molecule has 3 rings (SSSR count). The minimum Gasteiger partial charge on any atom is -0.452 e. The number of anilines is 1. The van der Waals surface area contributed by atoms with Crippen LogP contribution in [0.25, 0.3) is 16.3 Å². The quantitative estimate of drug-likeness (QED) is 0.427. The lowest BCUT2D eigenvalue weighted by Crippen LogP contribution is -2.34. The largest absolute Gasteiger partial charge is 0.452 e. The molecule has 0 bridgehead atoms. The van der Waals surface area contributed by atoms with Crippen LogP contribution >= 0.6 is 27.3 Å². The third kappa shape index (κ3) is 4.39. The number of furan rings is 1. The molecule has 8 heteroatoms. The predicted octanol–water partition coefficient (Wildman–Crippen LogP) is 4.26. The molecule has 0 spiro atoms. The number of fused-ring (bicyclic) bond motifs is 1. The lowest BCUT2D eigenvalue weighted by molar-refractivity contribution is -0.142. The van der Waals surface area contributed by atoms with E-state index >= 15 is 0 Å². The highest BCUT2D eigenvalue weighted by atomic mass is 79.9. The molecular weight excluding hydrogens is 420 g/mol. The van der Waals surface area contributed by atoms with Crippen molar-refractivity contribution in [1.29, 1.82) is 0 Å². The Balaban J connectivity index is 1.60. The summed E-state index contributed by atoms with van der Waals surface area (Å²) in [5.74, 6) is -0.440. The van der Waals surface area contributed by atoms with E-state index in [1.54, 1.807) is 12.1 Å². The van der Waals surface area contributed by atoms with Gasteiger partial charge in [-0.05, 0) is 53.2 Å². The van der Waals surface area contributed by atoms with Gasteiger partial charge in [0.1, 0.15) is 5.76 Å². The van der Waals surface area contributed by atoms with Gasteiger partial charge >= 0.3 is 5.97 Å². The molecule has 1 aromatic carbocycles. The zero-order chi connectivity index (χ0) is 18.5. The van der Waals surface area contributed by atoms with Crippen molar-refractivity contribution in [2.45, 2.75) is 6.92 Å². The van der Waals surface area contributed by atoms with Gasteiger partial charge in [-0.3, -0.25) is 9.69 Å². The minimum absolute atomic E-state index is 0.325. The number of hydrogen-bond acceptors (Lipinski definition) is 6. The molecule has 0 saturated carbocycles. The second-order valence-electron chi connectivity index (χ2n) is 5.19. The van der Waals surface area contributed by atoms with Crippen molar-refractivity contribution in [2.75, 3.05) is 18.1 Å². The Kier molecular flexibility index (Phi) is 5.85. The molecule has 0 radical (unpaired) electrons. The van der Waals surface area contributed by atoms with Crippen molar-refractivity contribution in [3.63, 3.8) is 0 Å². The predicted molar refractivity (Wildman–Crippen MR) is 104 cm³/mol. The van der Waals surface area contributed by atoms with E-state index in [4.69, 9.17) is 9.15 Å². The molecule has 2 heterocycles. The Morgan fingerprint density at radius 3 is 2.81 bits per heavy atom. The van der Waals surface area contributed by atoms with Crippen LogP contribution in [0.3, 0.4) is 0 Å². The van der Waals surface area contributed by atoms with E-state index < -0.39 is 5.97 Å². The van der Waals surface area contributed by atoms with Gasteiger partial charge < -0.3 is 9.15 Å². The van der Waals surface area contributed by atoms with Gasteiger partial charge in [-0.25, -0.2) is 9.78 Å². The van der Waals surface area contributed by atoms with Gasteiger partial charge in [0, 0.05) is 12.6 Å². The fourth-order valence-corrected chi connectivity index (χ4v) is 3.59. The van der Waals surface area contributed by atoms with E-state index in [0.717, 1.165) is 10.2 Å². The number of para-hydroxylation sites is 1. The van der Waals surface area contributed by atoms with Crippen LogP contribution in [0.5, 0.6) is 0 Å². The van der Waals surface area contributed by atoms with Gasteiger partial charge in [-0.1, -0.05) is 23.5 Å². The third-order valence-electron chi connectivity index (χ3n) is 3.45. The second kappa shape index (κ2) is 8.29. The van der Waals surface area contributed by atoms with E-state index in [-0.39, 0.29) is 12.5 Å². The number of benzene rings is 1. The molecule has 0 unspecified atom stereocenters. The summed E-state index contributed by atoms with van der Waals surface area (Å²) in [5, 5.41) is 0.589. The fraction of sp³-hybridized carbons (Fsp3) is 0.167. The molecule has 0 aliphatic rings. The molecular formula is C18H15BrN2O4S. The van der Waals surface area contributed by atoms with Gasteiger partial charge in [0.25, 0.3) is 5.91 Å². The van der Waals surface area contributed by atoms with Crippen molar-refractivity contribution in [2.24, 2.45) is 0 Å². The summed E-state index contributed by atoms with van der Waals surface area (Å²) in [6.45, 7) is 1.93. The first-order valence-electron chi connectivity index (χ1n) is 7.83. The van der Waals surface area contributed by atoms with Crippen molar-refractivity contribution < 1.29 is 18.7 Å². The van der Waals surface area contributed by atoms with Crippen LogP contribution in [0.15, 0.2) is 51.6 Å². The van der Waals surface area contributed by atoms with Gasteiger partial charge in [-0.15, -0.1) is 0 Å². The number of carbonyl (C=O) groups is 2. The SMILES string of the molecule is CCN(C(=O)COC(=O)/C=C/c1ccc(Br)o1)c1nc2ccccc2s1. The van der Waals surface area contributed by atoms with Crippen LogP contribution in [0.1, 0.15) is 12.7 Å². The smallest absolute Gasteiger partial charge is 0.331 e. The van der Waals surface area contributed by atoms with Crippen LogP contribution in [0, 0.1) is 0 Å². The van der Waals surface area contributed by atoms with E-state index in [0.29, 0.717) is 22.1 Å². The molecule has 26 heavy (non-hydrogen) atoms. The second-order valence-corrected chi connectivity index (χ2v) is 6.98. The molecule has 0 fully saturated rings. The van der Waals surface area contributed by atoms with Crippen molar-refractivity contribution in [3.05, 3.63) is 52.9 Å². The Morgan fingerprint density at radius 2 is 2.12 bits per heavy atom. The maximum absolute atomic E-state index is 12.4. The molecule has 0 saturated heterocycles. The summed E-state index contributed by atoms with van der Waals surface area (Å²) in [4.78, 5) is 30.1. The van der Waals surface area contributed by atoms with Crippen molar-refractivity contribution in [1.82, 2.24) is 4.98 Å². The minimum atomic E-state index is -0.619. The number of carbonyl (C=O) groups excluding carboxylic acids is 2. The van der Waals surface area contributed by atoms with Crippen LogP contribution in [-0.4, -0.2) is 30.0 Å². The number of ether oxygens (including phenoxy) is 1. The molecule has 2 aromatic heterocycles. The van der Waals surface area contributed by atoms with Gasteiger partial charge in [-0.2, -0.15) is 0 Å². The highest BCUT2D eigenvalue weighted by Gasteiger charge is 2.19. The number of nitrogens with zero attached hydrogens (tertiary/aromatic N) is 2. The molecule has 6 nitrogen and oxygen atoms in total. The van der Waals surface area contributed by atoms with Crippen molar-refractivity contribution in [3.8, 4) is 0 Å². The van der Waals surface area contributed by atoms with E-state index in [9.17, 15) is 9.59 Å². The van der Waals surface area contributed by atoms with Gasteiger partial charge in [0.05, 0.1) is 10.2 Å². The topological polar surface area (TPSA) is 72.6 Å². The molecule has 134 valence electrons. The first-order valence-corrected chi connectivity index (χ1v) is 9.44. The normalized spacial score (nSPS) is 11.2. The number of aromatic nitrogens is 1. The molecule has 3 aromatic rings. The summed E-state index contributed by atoms with van der Waals surface area (Å²) >= 11 is 4.60. The number of esters is 1. The first kappa shape index (κ1) is 18.3. The standard InChI is InChI=1S/C18H15BrN2O4S/c1-2-21(18-20-13-5-3-4-6-14(13)26-18)16(22)11-24-17(23)10-8-12-7-9-15(19)25-12/h3-10H,2,11H2,1H3/b10-8+. The monoisotopic (exact) mass is 434 g/mol. The highest BCUT2D eigenvalue weighted by molar-refractivity contribution is 9.10. The Hall–Kier alpha value is -2.45. The van der Waals surface area contributed by atoms with Crippen LogP contribution in [-0.2, 0) is 14.3 Å². The Morgan fingerprint density at radius 1 is 1.31 bits per heavy atom. The fourth-order valence-electron chi connectivity index (χ4n) is 2.22. The zero-order valence-corrected chi connectivity index (χ0v) is 16.2. The van der Waals surface area contributed by atoms with E-state index in [2.05, 4.69) is 20.9 Å². The average Bonchev–Trinajstić information content (AvgIpc) is 3.24. The Bertz CT molecular complexity index is 930. The molecule has 0 N–H and O–H groups in total. The lowest BCUT2D eigenvalue weighted by Gasteiger charge is -2.17. The third-order valence-corrected chi connectivity index (χ3v) is 4.93. The van der Waals surface area contributed by atoms with E-state index in [1.807, 2.05) is 31.2 Å². The number of likely N-dealkylation sites (N-methyl/N-ethyl adjacent to an activating group) is 1. The zero-order valence-electron chi connectivity index (χ0n) is 13.8. The number of amides is 1. The molecule has 0 atom stereocenters. The lowest BCUT2D eigenvalue weighted by atomic mass is 10.3. The maximum Gasteiger partial charge on any atom is 0.331 e. The summed E-state index contributed by atoms with van der Waals surface area (Å²) in [6.07, 6.45) is 2.69. The van der Waals surface area contributed by atoms with Gasteiger partial charge in [0.15, 0.2) is 16.4 Å². The number of thiazole rings is 1. The van der Waals surface area contributed by atoms with Crippen LogP contribution < -0.4 is 4.90 Å². The highest BCUT2D eigenvalue weighted by Crippen LogP contribution is 2.28. The average molecular weight is 435 g/mol. The van der Waals surface area contributed by atoms with Crippen molar-refractivity contribution >= 4 is 60.6 Å². The summed E-state index contributed by atoms with van der Waals surface area (Å²) < 4.78 is 11.8. The number of halogens is 1. The Labute approximate surface area is 162 Å². The van der Waals surface area contributed by atoms with E-state index in [1.165, 1.54) is 28.4 Å². The molecule has 0 aliphatic carbocycles. The van der Waals surface area contributed by atoms with Gasteiger partial charge in [0.2, 0.25) is 0 Å². The maximum atomic E-state index is 12.4. The summed E-state index contributed by atoms with van der Waals surface area (Å²) in [5.41, 5.74) is 0.836. The van der Waals surface area contributed by atoms with Crippen LogP contribution in [0.2, 0.25) is 0 Å². The molecule has 1 amide bonds. The number of rotatable bonds is 6.